The van der Waals surface area contributed by atoms with Gasteiger partial charge >= 0.3 is 0 Å². The molecule has 2 heterocycles. The highest BCUT2D eigenvalue weighted by molar-refractivity contribution is 5.97. The van der Waals surface area contributed by atoms with Crippen LogP contribution in [0.15, 0.2) is 30.7 Å². The number of phenolic OH excluding ortho intramolecular Hbond substituents is 1. The Balaban J connectivity index is 1.84. The third kappa shape index (κ3) is 2.52. The number of phenols is 1. The van der Waals surface area contributed by atoms with E-state index in [0.717, 1.165) is 37.2 Å². The number of carbonyl (C=O) groups is 1. The number of aromatic amines is 1. The summed E-state index contributed by atoms with van der Waals surface area (Å²) in [6, 6.07) is 5.20. The van der Waals surface area contributed by atoms with Crippen LogP contribution in [0.2, 0.25) is 0 Å². The molecule has 1 fully saturated rings. The normalized spacial score (nSPS) is 14.7. The number of benzene rings is 1. The minimum Gasteiger partial charge on any atom is -0.507 e. The molecule has 2 N–H and O–H groups in total. The van der Waals surface area contributed by atoms with Crippen LogP contribution in [-0.2, 0) is 6.42 Å². The predicted octanol–water partition coefficient (Wildman–Crippen LogP) is 1.94. The summed E-state index contributed by atoms with van der Waals surface area (Å²) in [5, 5.41) is 9.92. The second kappa shape index (κ2) is 5.36. The number of hydrogen-bond donors (Lipinski definition) is 2. The van der Waals surface area contributed by atoms with Crippen LogP contribution in [0.4, 0.5) is 0 Å². The van der Waals surface area contributed by atoms with Crippen molar-refractivity contribution in [3.8, 4) is 5.75 Å². The van der Waals surface area contributed by atoms with Crippen molar-refractivity contribution in [3.63, 3.8) is 0 Å². The summed E-state index contributed by atoms with van der Waals surface area (Å²) in [6.45, 7) is 1.56. The molecule has 5 heteroatoms. The van der Waals surface area contributed by atoms with Crippen molar-refractivity contribution in [2.24, 2.45) is 0 Å². The summed E-state index contributed by atoms with van der Waals surface area (Å²) in [5.41, 5.74) is 2.36. The average Bonchev–Trinajstić information content (AvgIpc) is 3.13. The molecular weight excluding hydrogens is 254 g/mol. The summed E-state index contributed by atoms with van der Waals surface area (Å²) in [4.78, 5) is 21.2. The Morgan fingerprint density at radius 3 is 2.85 bits per heavy atom. The Hall–Kier alpha value is -2.30. The van der Waals surface area contributed by atoms with Gasteiger partial charge in [0.05, 0.1) is 11.9 Å². The van der Waals surface area contributed by atoms with Gasteiger partial charge in [-0.1, -0.05) is 6.07 Å². The van der Waals surface area contributed by atoms with Gasteiger partial charge in [-0.25, -0.2) is 4.98 Å². The summed E-state index contributed by atoms with van der Waals surface area (Å²) in [7, 11) is 0. The zero-order valence-corrected chi connectivity index (χ0v) is 11.2. The number of carbonyl (C=O) groups excluding carboxylic acids is 1. The van der Waals surface area contributed by atoms with Gasteiger partial charge in [0.2, 0.25) is 0 Å². The Labute approximate surface area is 117 Å². The molecule has 0 radical (unpaired) electrons. The van der Waals surface area contributed by atoms with Crippen molar-refractivity contribution in [3.05, 3.63) is 47.5 Å². The molecule has 104 valence electrons. The first-order valence-corrected chi connectivity index (χ1v) is 6.82. The predicted molar refractivity (Wildman–Crippen MR) is 74.6 cm³/mol. The van der Waals surface area contributed by atoms with Crippen molar-refractivity contribution in [2.45, 2.75) is 19.3 Å². The van der Waals surface area contributed by atoms with Gasteiger partial charge in [0.25, 0.3) is 5.91 Å². The third-order valence-corrected chi connectivity index (χ3v) is 3.63. The van der Waals surface area contributed by atoms with Crippen molar-refractivity contribution in [1.82, 2.24) is 14.9 Å². The van der Waals surface area contributed by atoms with Crippen molar-refractivity contribution in [2.75, 3.05) is 13.1 Å². The van der Waals surface area contributed by atoms with Crippen LogP contribution < -0.4 is 0 Å². The van der Waals surface area contributed by atoms with E-state index < -0.39 is 0 Å². The maximum atomic E-state index is 12.4. The monoisotopic (exact) mass is 271 g/mol. The van der Waals surface area contributed by atoms with Crippen molar-refractivity contribution < 1.29 is 9.90 Å². The molecule has 0 bridgehead atoms. The number of likely N-dealkylation sites (tertiary alicyclic amines) is 1. The molecule has 1 aromatic carbocycles. The second-order valence-electron chi connectivity index (χ2n) is 5.10. The Bertz CT molecular complexity index is 602. The van der Waals surface area contributed by atoms with Gasteiger partial charge in [-0.05, 0) is 30.5 Å². The van der Waals surface area contributed by atoms with Gasteiger partial charge in [-0.3, -0.25) is 4.79 Å². The molecule has 1 aliphatic rings. The SMILES string of the molecule is O=C(c1cc(Cc2cnc[nH]2)ccc1O)N1CCCC1. The number of H-pyrrole nitrogens is 1. The van der Waals surface area contributed by atoms with Crippen LogP contribution in [0.3, 0.4) is 0 Å². The quantitative estimate of drug-likeness (QED) is 0.896. The minimum absolute atomic E-state index is 0.0512. The first-order valence-electron chi connectivity index (χ1n) is 6.82. The summed E-state index contributed by atoms with van der Waals surface area (Å²) in [5.74, 6) is -0.0262. The number of imidazole rings is 1. The first kappa shape index (κ1) is 12.7. The molecule has 1 saturated heterocycles. The molecule has 5 nitrogen and oxygen atoms in total. The van der Waals surface area contributed by atoms with Gasteiger partial charge in [-0.15, -0.1) is 0 Å². The Morgan fingerprint density at radius 1 is 1.35 bits per heavy atom. The van der Waals surface area contributed by atoms with E-state index in [1.807, 2.05) is 6.07 Å². The Morgan fingerprint density at radius 2 is 2.15 bits per heavy atom. The number of nitrogens with zero attached hydrogens (tertiary/aromatic N) is 2. The van der Waals surface area contributed by atoms with Crippen LogP contribution in [0.25, 0.3) is 0 Å². The molecule has 0 spiro atoms. The zero-order chi connectivity index (χ0) is 13.9. The molecule has 0 aliphatic carbocycles. The maximum absolute atomic E-state index is 12.4. The van der Waals surface area contributed by atoms with Gasteiger partial charge < -0.3 is 15.0 Å². The van der Waals surface area contributed by atoms with E-state index in [4.69, 9.17) is 0 Å². The molecular formula is C15H17N3O2. The lowest BCUT2D eigenvalue weighted by atomic mass is 10.0. The zero-order valence-electron chi connectivity index (χ0n) is 11.2. The highest BCUT2D eigenvalue weighted by atomic mass is 16.3. The number of amides is 1. The molecule has 0 atom stereocenters. The van der Waals surface area contributed by atoms with Crippen LogP contribution >= 0.6 is 0 Å². The fourth-order valence-corrected chi connectivity index (χ4v) is 2.56. The lowest BCUT2D eigenvalue weighted by Gasteiger charge is -2.16. The van der Waals surface area contributed by atoms with E-state index in [1.165, 1.54) is 0 Å². The largest absolute Gasteiger partial charge is 0.507 e. The average molecular weight is 271 g/mol. The lowest BCUT2D eigenvalue weighted by Crippen LogP contribution is -2.27. The van der Waals surface area contributed by atoms with Crippen LogP contribution in [-0.4, -0.2) is 39.0 Å². The fourth-order valence-electron chi connectivity index (χ4n) is 2.56. The topological polar surface area (TPSA) is 69.2 Å². The number of hydrogen-bond acceptors (Lipinski definition) is 3. The van der Waals surface area contributed by atoms with Crippen LogP contribution in [0.1, 0.15) is 34.5 Å². The highest BCUT2D eigenvalue weighted by Crippen LogP contribution is 2.23. The second-order valence-corrected chi connectivity index (χ2v) is 5.10. The first-order chi connectivity index (χ1) is 9.74. The molecule has 2 aromatic rings. The summed E-state index contributed by atoms with van der Waals surface area (Å²) < 4.78 is 0. The van der Waals surface area contributed by atoms with Crippen LogP contribution in [0, 0.1) is 0 Å². The lowest BCUT2D eigenvalue weighted by molar-refractivity contribution is 0.0789. The summed E-state index contributed by atoms with van der Waals surface area (Å²) >= 11 is 0. The molecule has 1 amide bonds. The molecule has 3 rings (SSSR count). The fraction of sp³-hybridized carbons (Fsp3) is 0.333. The van der Waals surface area contributed by atoms with E-state index in [-0.39, 0.29) is 11.7 Å². The third-order valence-electron chi connectivity index (χ3n) is 3.63. The van der Waals surface area contributed by atoms with Gasteiger partial charge in [0, 0.05) is 31.4 Å². The van der Waals surface area contributed by atoms with Crippen molar-refractivity contribution in [1.29, 1.82) is 0 Å². The smallest absolute Gasteiger partial charge is 0.257 e. The van der Waals surface area contributed by atoms with E-state index in [9.17, 15) is 9.90 Å². The number of aromatic nitrogens is 2. The van der Waals surface area contributed by atoms with E-state index >= 15 is 0 Å². The van der Waals surface area contributed by atoms with Crippen LogP contribution in [0.5, 0.6) is 5.75 Å². The van der Waals surface area contributed by atoms with E-state index in [0.29, 0.717) is 12.0 Å². The maximum Gasteiger partial charge on any atom is 0.257 e. The highest BCUT2D eigenvalue weighted by Gasteiger charge is 2.22. The molecule has 1 aromatic heterocycles. The minimum atomic E-state index is -0.0774. The number of aromatic hydroxyl groups is 1. The van der Waals surface area contributed by atoms with Gasteiger partial charge in [-0.2, -0.15) is 0 Å². The summed E-state index contributed by atoms with van der Waals surface area (Å²) in [6.07, 6.45) is 6.14. The molecule has 1 aliphatic heterocycles. The Kier molecular flexibility index (Phi) is 3.41. The molecule has 0 unspecified atom stereocenters. The van der Waals surface area contributed by atoms with E-state index in [2.05, 4.69) is 9.97 Å². The van der Waals surface area contributed by atoms with E-state index in [1.54, 1.807) is 29.6 Å². The van der Waals surface area contributed by atoms with Gasteiger partial charge in [0.15, 0.2) is 0 Å². The molecule has 20 heavy (non-hydrogen) atoms. The molecule has 0 saturated carbocycles. The van der Waals surface area contributed by atoms with Gasteiger partial charge in [0.1, 0.15) is 5.75 Å². The number of rotatable bonds is 3. The standard InChI is InChI=1S/C15H17N3O2/c19-14-4-3-11(7-12-9-16-10-17-12)8-13(14)15(20)18-5-1-2-6-18/h3-4,8-10,19H,1-2,5-7H2,(H,16,17). The van der Waals surface area contributed by atoms with Crippen molar-refractivity contribution >= 4 is 5.91 Å². The number of nitrogens with one attached hydrogen (secondary N) is 1.